The van der Waals surface area contributed by atoms with Crippen molar-refractivity contribution >= 4 is 21.4 Å². The standard InChI is InChI=1S/C12H18N2O3S/c1-9-3-5-11(6-4-9)14-12(15)10(2)18(16,17)8-7-13/h3-6,10H,7-8,13H2,1-2H3,(H,14,15). The number of sulfone groups is 1. The van der Waals surface area contributed by atoms with Crippen molar-refractivity contribution in [2.75, 3.05) is 17.6 Å². The predicted octanol–water partition coefficient (Wildman–Crippen LogP) is 0.696. The van der Waals surface area contributed by atoms with Gasteiger partial charge in [-0.25, -0.2) is 8.42 Å². The van der Waals surface area contributed by atoms with Gasteiger partial charge in [-0.15, -0.1) is 0 Å². The van der Waals surface area contributed by atoms with Gasteiger partial charge in [-0.2, -0.15) is 0 Å². The minimum atomic E-state index is -3.47. The van der Waals surface area contributed by atoms with Gasteiger partial charge in [0, 0.05) is 12.2 Å². The van der Waals surface area contributed by atoms with E-state index in [2.05, 4.69) is 5.32 Å². The van der Waals surface area contributed by atoms with Crippen LogP contribution in [0.1, 0.15) is 12.5 Å². The molecule has 1 amide bonds. The van der Waals surface area contributed by atoms with Crippen LogP contribution >= 0.6 is 0 Å². The fraction of sp³-hybridized carbons (Fsp3) is 0.417. The summed E-state index contributed by atoms with van der Waals surface area (Å²) in [6.07, 6.45) is 0. The Balaban J connectivity index is 2.74. The molecule has 0 fully saturated rings. The SMILES string of the molecule is Cc1ccc(NC(=O)C(C)S(=O)(=O)CCN)cc1. The zero-order valence-electron chi connectivity index (χ0n) is 10.5. The highest BCUT2D eigenvalue weighted by atomic mass is 32.2. The summed E-state index contributed by atoms with van der Waals surface area (Å²) in [5.41, 5.74) is 6.86. The van der Waals surface area contributed by atoms with Crippen LogP contribution in [0.2, 0.25) is 0 Å². The maximum absolute atomic E-state index is 11.8. The molecule has 0 heterocycles. The highest BCUT2D eigenvalue weighted by Crippen LogP contribution is 2.11. The topological polar surface area (TPSA) is 89.3 Å². The lowest BCUT2D eigenvalue weighted by Gasteiger charge is -2.12. The molecule has 100 valence electrons. The molecule has 0 aromatic heterocycles. The van der Waals surface area contributed by atoms with Crippen molar-refractivity contribution in [3.63, 3.8) is 0 Å². The highest BCUT2D eigenvalue weighted by Gasteiger charge is 2.27. The molecule has 1 atom stereocenters. The van der Waals surface area contributed by atoms with Gasteiger partial charge in [-0.1, -0.05) is 17.7 Å². The third-order valence-corrected chi connectivity index (χ3v) is 4.73. The zero-order chi connectivity index (χ0) is 13.8. The van der Waals surface area contributed by atoms with E-state index < -0.39 is 21.0 Å². The van der Waals surface area contributed by atoms with Crippen LogP contribution in [0, 0.1) is 6.92 Å². The van der Waals surface area contributed by atoms with Gasteiger partial charge in [0.05, 0.1) is 5.75 Å². The van der Waals surface area contributed by atoms with E-state index in [1.54, 1.807) is 12.1 Å². The smallest absolute Gasteiger partial charge is 0.242 e. The molecule has 18 heavy (non-hydrogen) atoms. The molecule has 6 heteroatoms. The second kappa shape index (κ2) is 5.97. The summed E-state index contributed by atoms with van der Waals surface area (Å²) in [6, 6.07) is 7.15. The maximum atomic E-state index is 11.8. The molecule has 0 aliphatic carbocycles. The Morgan fingerprint density at radius 1 is 1.33 bits per heavy atom. The second-order valence-corrected chi connectivity index (χ2v) is 6.59. The number of amides is 1. The van der Waals surface area contributed by atoms with E-state index in [-0.39, 0.29) is 12.3 Å². The molecular weight excluding hydrogens is 252 g/mol. The lowest BCUT2D eigenvalue weighted by atomic mass is 10.2. The van der Waals surface area contributed by atoms with Crippen LogP contribution < -0.4 is 11.1 Å². The van der Waals surface area contributed by atoms with Gasteiger partial charge in [0.15, 0.2) is 9.84 Å². The summed E-state index contributed by atoms with van der Waals surface area (Å²) < 4.78 is 23.4. The average molecular weight is 270 g/mol. The van der Waals surface area contributed by atoms with Gasteiger partial charge in [0.1, 0.15) is 5.25 Å². The van der Waals surface area contributed by atoms with Crippen LogP contribution in [0.5, 0.6) is 0 Å². The van der Waals surface area contributed by atoms with Crippen molar-refractivity contribution in [2.45, 2.75) is 19.1 Å². The molecule has 3 N–H and O–H groups in total. The van der Waals surface area contributed by atoms with Crippen LogP contribution in [0.4, 0.5) is 5.69 Å². The Kier molecular flexibility index (Phi) is 4.86. The Bertz CT molecular complexity index is 509. The van der Waals surface area contributed by atoms with Gasteiger partial charge in [0.25, 0.3) is 0 Å². The highest BCUT2D eigenvalue weighted by molar-refractivity contribution is 7.92. The number of benzene rings is 1. The van der Waals surface area contributed by atoms with Crippen LogP contribution in [-0.4, -0.2) is 31.9 Å². The molecule has 1 rings (SSSR count). The first-order valence-electron chi connectivity index (χ1n) is 5.66. The number of nitrogens with one attached hydrogen (secondary N) is 1. The van der Waals surface area contributed by atoms with Gasteiger partial charge in [-0.3, -0.25) is 4.79 Å². The molecule has 0 bridgehead atoms. The average Bonchev–Trinajstić information content (AvgIpc) is 2.31. The molecule has 5 nitrogen and oxygen atoms in total. The van der Waals surface area contributed by atoms with Gasteiger partial charge in [0.2, 0.25) is 5.91 Å². The number of hydrogen-bond donors (Lipinski definition) is 2. The molecule has 0 saturated heterocycles. The molecule has 1 unspecified atom stereocenters. The minimum Gasteiger partial charge on any atom is -0.329 e. The maximum Gasteiger partial charge on any atom is 0.242 e. The third-order valence-electron chi connectivity index (χ3n) is 2.63. The Morgan fingerprint density at radius 3 is 2.39 bits per heavy atom. The number of aryl methyl sites for hydroxylation is 1. The molecule has 0 radical (unpaired) electrons. The Labute approximate surface area is 107 Å². The number of nitrogens with two attached hydrogens (primary N) is 1. The van der Waals surface area contributed by atoms with E-state index in [4.69, 9.17) is 5.73 Å². The number of carbonyl (C=O) groups excluding carboxylic acids is 1. The fourth-order valence-corrected chi connectivity index (χ4v) is 2.45. The third kappa shape index (κ3) is 3.82. The number of hydrogen-bond acceptors (Lipinski definition) is 4. The molecule has 1 aromatic carbocycles. The van der Waals surface area contributed by atoms with Crippen molar-refractivity contribution in [1.82, 2.24) is 0 Å². The number of rotatable bonds is 5. The van der Waals surface area contributed by atoms with Gasteiger partial charge in [-0.05, 0) is 26.0 Å². The predicted molar refractivity (Wildman–Crippen MR) is 72.1 cm³/mol. The van der Waals surface area contributed by atoms with E-state index in [0.717, 1.165) is 5.56 Å². The van der Waals surface area contributed by atoms with Gasteiger partial charge >= 0.3 is 0 Å². The summed E-state index contributed by atoms with van der Waals surface area (Å²) in [7, 11) is -3.47. The van der Waals surface area contributed by atoms with Crippen molar-refractivity contribution < 1.29 is 13.2 Å². The van der Waals surface area contributed by atoms with Crippen LogP contribution in [0.3, 0.4) is 0 Å². The van der Waals surface area contributed by atoms with E-state index >= 15 is 0 Å². The van der Waals surface area contributed by atoms with E-state index in [0.29, 0.717) is 5.69 Å². The zero-order valence-corrected chi connectivity index (χ0v) is 11.3. The van der Waals surface area contributed by atoms with Crippen molar-refractivity contribution in [1.29, 1.82) is 0 Å². The van der Waals surface area contributed by atoms with Crippen molar-refractivity contribution in [3.05, 3.63) is 29.8 Å². The quantitative estimate of drug-likeness (QED) is 0.824. The summed E-state index contributed by atoms with van der Waals surface area (Å²) in [4.78, 5) is 11.8. The first-order chi connectivity index (χ1) is 8.36. The normalized spacial score (nSPS) is 13.1. The van der Waals surface area contributed by atoms with E-state index in [1.807, 2.05) is 19.1 Å². The summed E-state index contributed by atoms with van der Waals surface area (Å²) >= 11 is 0. The largest absolute Gasteiger partial charge is 0.329 e. The van der Waals surface area contributed by atoms with Crippen molar-refractivity contribution in [3.8, 4) is 0 Å². The van der Waals surface area contributed by atoms with Crippen LogP contribution in [-0.2, 0) is 14.6 Å². The molecule has 1 aromatic rings. The van der Waals surface area contributed by atoms with Crippen LogP contribution in [0.15, 0.2) is 24.3 Å². The van der Waals surface area contributed by atoms with E-state index in [1.165, 1.54) is 6.92 Å². The monoisotopic (exact) mass is 270 g/mol. The Hall–Kier alpha value is -1.40. The summed E-state index contributed by atoms with van der Waals surface area (Å²) in [5.74, 6) is -0.720. The molecule has 0 aliphatic rings. The Morgan fingerprint density at radius 2 is 1.89 bits per heavy atom. The molecule has 0 saturated carbocycles. The van der Waals surface area contributed by atoms with E-state index in [9.17, 15) is 13.2 Å². The molecule has 0 spiro atoms. The number of anilines is 1. The fourth-order valence-electron chi connectivity index (χ4n) is 1.38. The summed E-state index contributed by atoms with van der Waals surface area (Å²) in [5, 5.41) is 1.48. The summed E-state index contributed by atoms with van der Waals surface area (Å²) in [6.45, 7) is 3.32. The van der Waals surface area contributed by atoms with Gasteiger partial charge < -0.3 is 11.1 Å². The lowest BCUT2D eigenvalue weighted by molar-refractivity contribution is -0.115. The molecule has 0 aliphatic heterocycles. The first kappa shape index (κ1) is 14.7. The van der Waals surface area contributed by atoms with Crippen molar-refractivity contribution in [2.24, 2.45) is 5.73 Å². The minimum absolute atomic E-state index is 0.0183. The lowest BCUT2D eigenvalue weighted by Crippen LogP contribution is -2.35. The molecular formula is C12H18N2O3S. The van der Waals surface area contributed by atoms with Crippen LogP contribution in [0.25, 0.3) is 0 Å². The first-order valence-corrected chi connectivity index (χ1v) is 7.37. The number of carbonyl (C=O) groups is 1. The second-order valence-electron chi connectivity index (χ2n) is 4.15.